The Labute approximate surface area is 124 Å². The average Bonchev–Trinajstić information content (AvgIpc) is 2.42. The van der Waals surface area contributed by atoms with Gasteiger partial charge in [0.2, 0.25) is 0 Å². The zero-order valence-corrected chi connectivity index (χ0v) is 12.6. The quantitative estimate of drug-likeness (QED) is 0.827. The molecule has 0 radical (unpaired) electrons. The predicted molar refractivity (Wildman–Crippen MR) is 76.6 cm³/mol. The molecule has 0 aliphatic carbocycles. The molecular weight excluding hydrogens is 274 g/mol. The van der Waals surface area contributed by atoms with Crippen LogP contribution >= 0.6 is 0 Å². The number of amides is 1. The Morgan fingerprint density at radius 1 is 1.19 bits per heavy atom. The monoisotopic (exact) mass is 295 g/mol. The topological polar surface area (TPSA) is 84.9 Å². The first kappa shape index (κ1) is 17.0. The van der Waals surface area contributed by atoms with Crippen LogP contribution in [0.1, 0.15) is 32.4 Å². The second-order valence-electron chi connectivity index (χ2n) is 5.50. The number of hydrogen-bond acceptors (Lipinski definition) is 5. The normalized spacial score (nSPS) is 14.0. The maximum absolute atomic E-state index is 11.9. The molecule has 2 N–H and O–H groups in total. The van der Waals surface area contributed by atoms with Crippen molar-refractivity contribution in [1.82, 2.24) is 5.32 Å². The van der Waals surface area contributed by atoms with Gasteiger partial charge < -0.3 is 19.9 Å². The van der Waals surface area contributed by atoms with Crippen LogP contribution in [0.15, 0.2) is 30.3 Å². The molecule has 1 aromatic carbocycles. The molecule has 116 valence electrons. The number of benzene rings is 1. The number of aliphatic hydroxyl groups excluding tert-OH is 1. The third kappa shape index (κ3) is 5.43. The summed E-state index contributed by atoms with van der Waals surface area (Å²) < 4.78 is 9.66. The van der Waals surface area contributed by atoms with Gasteiger partial charge >= 0.3 is 12.1 Å². The second-order valence-corrected chi connectivity index (χ2v) is 5.50. The standard InChI is InChI=1S/C15H21NO5/c1-15(2,3)21-14(19)16-11(12(17)13(18)20-4)10-8-6-5-7-9-10/h5-9,11-12,17H,1-4H3,(H,16,19)/t11-,12-/m0/s1. The molecule has 0 saturated heterocycles. The number of methoxy groups -OCH3 is 1. The van der Waals surface area contributed by atoms with E-state index in [-0.39, 0.29) is 0 Å². The lowest BCUT2D eigenvalue weighted by atomic mass is 10.0. The number of alkyl carbamates (subject to hydrolysis) is 1. The van der Waals surface area contributed by atoms with Gasteiger partial charge in [-0.1, -0.05) is 30.3 Å². The van der Waals surface area contributed by atoms with Crippen molar-refractivity contribution in [3.8, 4) is 0 Å². The molecule has 0 bridgehead atoms. The average molecular weight is 295 g/mol. The maximum Gasteiger partial charge on any atom is 0.408 e. The molecule has 6 nitrogen and oxygen atoms in total. The SMILES string of the molecule is COC(=O)[C@@H](O)[C@@H](NC(=O)OC(C)(C)C)c1ccccc1. The van der Waals surface area contributed by atoms with Crippen molar-refractivity contribution >= 4 is 12.1 Å². The molecule has 1 rings (SSSR count). The smallest absolute Gasteiger partial charge is 0.408 e. The van der Waals surface area contributed by atoms with Crippen LogP contribution in [0.2, 0.25) is 0 Å². The molecular formula is C15H21NO5. The molecule has 2 atom stereocenters. The zero-order chi connectivity index (χ0) is 16.0. The first-order valence-electron chi connectivity index (χ1n) is 6.55. The molecule has 0 aliphatic rings. The minimum absolute atomic E-state index is 0.571. The summed E-state index contributed by atoms with van der Waals surface area (Å²) in [4.78, 5) is 23.4. The Hall–Kier alpha value is -2.08. The van der Waals surface area contributed by atoms with Gasteiger partial charge in [0.05, 0.1) is 13.2 Å². The highest BCUT2D eigenvalue weighted by atomic mass is 16.6. The van der Waals surface area contributed by atoms with Crippen molar-refractivity contribution in [2.75, 3.05) is 7.11 Å². The number of hydrogen-bond donors (Lipinski definition) is 2. The van der Waals surface area contributed by atoms with E-state index >= 15 is 0 Å². The largest absolute Gasteiger partial charge is 0.467 e. The van der Waals surface area contributed by atoms with E-state index < -0.39 is 29.8 Å². The van der Waals surface area contributed by atoms with E-state index in [1.807, 2.05) is 0 Å². The molecule has 0 fully saturated rings. The maximum atomic E-state index is 11.9. The number of ether oxygens (including phenoxy) is 2. The summed E-state index contributed by atoms with van der Waals surface area (Å²) in [5, 5.41) is 12.5. The van der Waals surface area contributed by atoms with Gasteiger partial charge in [0.1, 0.15) is 5.60 Å². The van der Waals surface area contributed by atoms with E-state index in [4.69, 9.17) is 4.74 Å². The van der Waals surface area contributed by atoms with Crippen molar-refractivity contribution < 1.29 is 24.2 Å². The molecule has 0 heterocycles. The summed E-state index contributed by atoms with van der Waals surface area (Å²) in [6.45, 7) is 5.17. The number of carbonyl (C=O) groups excluding carboxylic acids is 2. The van der Waals surface area contributed by atoms with Gasteiger partial charge in [-0.3, -0.25) is 0 Å². The number of esters is 1. The summed E-state index contributed by atoms with van der Waals surface area (Å²) in [6, 6.07) is 7.70. The van der Waals surface area contributed by atoms with E-state index in [1.54, 1.807) is 51.1 Å². The van der Waals surface area contributed by atoms with Crippen LogP contribution in [0.5, 0.6) is 0 Å². The van der Waals surface area contributed by atoms with Crippen molar-refractivity contribution in [2.45, 2.75) is 38.5 Å². The predicted octanol–water partition coefficient (Wildman–Crippen LogP) is 1.79. The van der Waals surface area contributed by atoms with Crippen LogP contribution in [0.25, 0.3) is 0 Å². The third-order valence-corrected chi connectivity index (χ3v) is 2.59. The van der Waals surface area contributed by atoms with Crippen molar-refractivity contribution in [3.05, 3.63) is 35.9 Å². The molecule has 0 unspecified atom stereocenters. The highest BCUT2D eigenvalue weighted by Crippen LogP contribution is 2.19. The van der Waals surface area contributed by atoms with Gasteiger partial charge in [-0.25, -0.2) is 9.59 Å². The second kappa shape index (κ2) is 7.08. The minimum Gasteiger partial charge on any atom is -0.467 e. The lowest BCUT2D eigenvalue weighted by Crippen LogP contribution is -2.43. The lowest BCUT2D eigenvalue weighted by Gasteiger charge is -2.25. The minimum atomic E-state index is -1.52. The summed E-state index contributed by atoms with van der Waals surface area (Å²) >= 11 is 0. The number of carbonyl (C=O) groups is 2. The molecule has 0 aliphatic heterocycles. The van der Waals surface area contributed by atoms with Crippen LogP contribution in [-0.2, 0) is 14.3 Å². The molecule has 0 aromatic heterocycles. The van der Waals surface area contributed by atoms with E-state index in [0.717, 1.165) is 0 Å². The Kier molecular flexibility index (Phi) is 5.72. The van der Waals surface area contributed by atoms with Crippen molar-refractivity contribution in [3.63, 3.8) is 0 Å². The van der Waals surface area contributed by atoms with Crippen molar-refractivity contribution in [1.29, 1.82) is 0 Å². The Morgan fingerprint density at radius 2 is 1.76 bits per heavy atom. The summed E-state index contributed by atoms with van der Waals surface area (Å²) in [6.07, 6.45) is -2.25. The summed E-state index contributed by atoms with van der Waals surface area (Å²) in [5.41, 5.74) is -0.108. The van der Waals surface area contributed by atoms with Crippen LogP contribution < -0.4 is 5.32 Å². The highest BCUT2D eigenvalue weighted by Gasteiger charge is 2.31. The molecule has 1 aromatic rings. The van der Waals surface area contributed by atoms with E-state index in [2.05, 4.69) is 10.1 Å². The summed E-state index contributed by atoms with van der Waals surface area (Å²) in [5.74, 6) is -0.833. The number of rotatable bonds is 4. The molecule has 0 spiro atoms. The van der Waals surface area contributed by atoms with Gasteiger partial charge in [-0.15, -0.1) is 0 Å². The fourth-order valence-corrected chi connectivity index (χ4v) is 1.70. The van der Waals surface area contributed by atoms with Gasteiger partial charge in [0.25, 0.3) is 0 Å². The van der Waals surface area contributed by atoms with E-state index in [1.165, 1.54) is 7.11 Å². The van der Waals surface area contributed by atoms with Crippen LogP contribution in [0.4, 0.5) is 4.79 Å². The molecule has 21 heavy (non-hydrogen) atoms. The van der Waals surface area contributed by atoms with Gasteiger partial charge in [-0.2, -0.15) is 0 Å². The summed E-state index contributed by atoms with van der Waals surface area (Å²) in [7, 11) is 1.17. The first-order chi connectivity index (χ1) is 9.74. The van der Waals surface area contributed by atoms with Gasteiger partial charge in [-0.05, 0) is 26.3 Å². The van der Waals surface area contributed by atoms with Gasteiger partial charge in [0.15, 0.2) is 6.10 Å². The third-order valence-electron chi connectivity index (χ3n) is 2.59. The molecule has 6 heteroatoms. The Bertz CT molecular complexity index is 481. The zero-order valence-electron chi connectivity index (χ0n) is 12.6. The fourth-order valence-electron chi connectivity index (χ4n) is 1.70. The number of aliphatic hydroxyl groups is 1. The number of nitrogens with one attached hydrogen (secondary N) is 1. The highest BCUT2D eigenvalue weighted by molar-refractivity contribution is 5.77. The molecule has 0 saturated carbocycles. The fraction of sp³-hybridized carbons (Fsp3) is 0.467. The Balaban J connectivity index is 2.93. The van der Waals surface area contributed by atoms with Crippen LogP contribution in [0, 0.1) is 0 Å². The van der Waals surface area contributed by atoms with Crippen molar-refractivity contribution in [2.24, 2.45) is 0 Å². The van der Waals surface area contributed by atoms with E-state index in [0.29, 0.717) is 5.56 Å². The molecule has 1 amide bonds. The first-order valence-corrected chi connectivity index (χ1v) is 6.55. The van der Waals surface area contributed by atoms with Gasteiger partial charge in [0, 0.05) is 0 Å². The van der Waals surface area contributed by atoms with E-state index in [9.17, 15) is 14.7 Å². The van der Waals surface area contributed by atoms with Crippen LogP contribution in [0.3, 0.4) is 0 Å². The van der Waals surface area contributed by atoms with Crippen LogP contribution in [-0.4, -0.2) is 36.0 Å². The lowest BCUT2D eigenvalue weighted by molar-refractivity contribution is -0.152. The Morgan fingerprint density at radius 3 is 2.24 bits per heavy atom.